The normalized spacial score (nSPS) is 11.5. The lowest BCUT2D eigenvalue weighted by atomic mass is 10.2. The molecule has 5 nitrogen and oxygen atoms in total. The number of anilines is 1. The first-order chi connectivity index (χ1) is 11.8. The number of hydrogen-bond donors (Lipinski definition) is 2. The Kier molecular flexibility index (Phi) is 6.67. The highest BCUT2D eigenvalue weighted by atomic mass is 35.5. The molecule has 132 valence electrons. The molecule has 0 radical (unpaired) electrons. The van der Waals surface area contributed by atoms with Gasteiger partial charge in [0.2, 0.25) is 5.91 Å². The van der Waals surface area contributed by atoms with Gasteiger partial charge in [-0.1, -0.05) is 29.3 Å². The van der Waals surface area contributed by atoms with Crippen LogP contribution in [0.4, 0.5) is 5.69 Å². The number of carbonyl (C=O) groups excluding carboxylic acids is 2. The van der Waals surface area contributed by atoms with Crippen molar-refractivity contribution in [1.29, 1.82) is 0 Å². The molecule has 0 bridgehead atoms. The zero-order valence-electron chi connectivity index (χ0n) is 13.8. The molecule has 25 heavy (non-hydrogen) atoms. The van der Waals surface area contributed by atoms with Gasteiger partial charge in [0, 0.05) is 5.02 Å². The minimum absolute atomic E-state index is 0.183. The van der Waals surface area contributed by atoms with Gasteiger partial charge >= 0.3 is 0 Å². The first kappa shape index (κ1) is 19.1. The van der Waals surface area contributed by atoms with Crippen molar-refractivity contribution in [3.8, 4) is 5.75 Å². The Morgan fingerprint density at radius 3 is 2.44 bits per heavy atom. The zero-order chi connectivity index (χ0) is 18.4. The quantitative estimate of drug-likeness (QED) is 0.799. The summed E-state index contributed by atoms with van der Waals surface area (Å²) in [6.45, 7) is 3.32. The van der Waals surface area contributed by atoms with Crippen LogP contribution in [0.2, 0.25) is 10.0 Å². The van der Waals surface area contributed by atoms with E-state index < -0.39 is 12.0 Å². The molecule has 2 N–H and O–H groups in total. The van der Waals surface area contributed by atoms with Crippen LogP contribution in [0.25, 0.3) is 0 Å². The number of nitrogens with one attached hydrogen (secondary N) is 2. The summed E-state index contributed by atoms with van der Waals surface area (Å²) in [7, 11) is 0. The summed E-state index contributed by atoms with van der Waals surface area (Å²) in [5.74, 6) is -0.263. The standard InChI is InChI=1S/C18H18Cl2N2O3/c1-11-3-8-16(15(20)9-11)22-17(23)10-21-18(24)12(2)25-14-6-4-13(19)5-7-14/h3-9,12H,10H2,1-2H3,(H,21,24)(H,22,23). The van der Waals surface area contributed by atoms with Crippen LogP contribution < -0.4 is 15.4 Å². The summed E-state index contributed by atoms with van der Waals surface area (Å²) in [5, 5.41) is 6.19. The second kappa shape index (κ2) is 8.74. The number of rotatable bonds is 6. The fourth-order valence-corrected chi connectivity index (χ4v) is 2.41. The third-order valence-electron chi connectivity index (χ3n) is 3.32. The molecule has 2 aromatic carbocycles. The largest absolute Gasteiger partial charge is 0.481 e. The summed E-state index contributed by atoms with van der Waals surface area (Å²) in [6, 6.07) is 12.0. The van der Waals surface area contributed by atoms with Crippen molar-refractivity contribution in [1.82, 2.24) is 5.32 Å². The Balaban J connectivity index is 1.82. The molecular formula is C18H18Cl2N2O3. The summed E-state index contributed by atoms with van der Waals surface area (Å²) in [6.07, 6.45) is -0.753. The highest BCUT2D eigenvalue weighted by molar-refractivity contribution is 6.33. The van der Waals surface area contributed by atoms with Gasteiger partial charge in [-0.3, -0.25) is 9.59 Å². The van der Waals surface area contributed by atoms with E-state index in [9.17, 15) is 9.59 Å². The van der Waals surface area contributed by atoms with Crippen LogP contribution in [-0.4, -0.2) is 24.5 Å². The highest BCUT2D eigenvalue weighted by Gasteiger charge is 2.16. The van der Waals surface area contributed by atoms with Gasteiger partial charge in [-0.25, -0.2) is 0 Å². The second-order valence-electron chi connectivity index (χ2n) is 5.46. The highest BCUT2D eigenvalue weighted by Crippen LogP contribution is 2.22. The molecule has 0 aliphatic heterocycles. The van der Waals surface area contributed by atoms with Crippen molar-refractivity contribution in [2.75, 3.05) is 11.9 Å². The lowest BCUT2D eigenvalue weighted by molar-refractivity contribution is -0.129. The van der Waals surface area contributed by atoms with Crippen LogP contribution in [0.3, 0.4) is 0 Å². The minimum atomic E-state index is -0.753. The van der Waals surface area contributed by atoms with Crippen LogP contribution in [0.5, 0.6) is 5.75 Å². The van der Waals surface area contributed by atoms with Crippen LogP contribution in [0, 0.1) is 6.92 Å². The third-order valence-corrected chi connectivity index (χ3v) is 3.88. The van der Waals surface area contributed by atoms with E-state index in [0.717, 1.165) is 5.56 Å². The summed E-state index contributed by atoms with van der Waals surface area (Å²) >= 11 is 11.8. The Hall–Kier alpha value is -2.24. The van der Waals surface area contributed by atoms with Crippen LogP contribution in [0.15, 0.2) is 42.5 Å². The molecule has 0 aromatic heterocycles. The van der Waals surface area contributed by atoms with Crippen molar-refractivity contribution in [3.63, 3.8) is 0 Å². The number of aryl methyl sites for hydroxylation is 1. The number of carbonyl (C=O) groups is 2. The minimum Gasteiger partial charge on any atom is -0.481 e. The first-order valence-electron chi connectivity index (χ1n) is 7.61. The van der Waals surface area contributed by atoms with Crippen LogP contribution >= 0.6 is 23.2 Å². The van der Waals surface area contributed by atoms with Crippen molar-refractivity contribution < 1.29 is 14.3 Å². The summed E-state index contributed by atoms with van der Waals surface area (Å²) < 4.78 is 5.49. The van der Waals surface area contributed by atoms with Crippen molar-refractivity contribution in [2.24, 2.45) is 0 Å². The Labute approximate surface area is 156 Å². The van der Waals surface area contributed by atoms with Crippen LogP contribution in [0.1, 0.15) is 12.5 Å². The average molecular weight is 381 g/mol. The monoisotopic (exact) mass is 380 g/mol. The molecule has 0 saturated heterocycles. The Morgan fingerprint density at radius 2 is 1.80 bits per heavy atom. The van der Waals surface area contributed by atoms with Gasteiger partial charge in [-0.05, 0) is 55.8 Å². The average Bonchev–Trinajstić information content (AvgIpc) is 2.57. The van der Waals surface area contributed by atoms with E-state index in [1.54, 1.807) is 43.3 Å². The van der Waals surface area contributed by atoms with Gasteiger partial charge in [0.15, 0.2) is 6.10 Å². The third kappa shape index (κ3) is 5.96. The SMILES string of the molecule is Cc1ccc(NC(=O)CNC(=O)C(C)Oc2ccc(Cl)cc2)c(Cl)c1. The molecule has 0 heterocycles. The Bertz CT molecular complexity index is 763. The molecule has 0 fully saturated rings. The molecule has 2 aromatic rings. The molecule has 2 amide bonds. The second-order valence-corrected chi connectivity index (χ2v) is 6.31. The number of amides is 2. The van der Waals surface area contributed by atoms with Gasteiger partial charge in [0.25, 0.3) is 5.91 Å². The number of halogens is 2. The van der Waals surface area contributed by atoms with E-state index in [-0.39, 0.29) is 12.5 Å². The smallest absolute Gasteiger partial charge is 0.261 e. The molecule has 0 aliphatic carbocycles. The molecule has 1 unspecified atom stereocenters. The molecule has 2 rings (SSSR count). The maximum absolute atomic E-state index is 12.0. The van der Waals surface area contributed by atoms with E-state index in [0.29, 0.717) is 21.5 Å². The predicted octanol–water partition coefficient (Wildman–Crippen LogP) is 3.82. The molecule has 7 heteroatoms. The fourth-order valence-electron chi connectivity index (χ4n) is 2.00. The lowest BCUT2D eigenvalue weighted by Gasteiger charge is -2.15. The summed E-state index contributed by atoms with van der Waals surface area (Å²) in [5.41, 5.74) is 1.49. The van der Waals surface area contributed by atoms with E-state index in [1.165, 1.54) is 0 Å². The maximum atomic E-state index is 12.0. The van der Waals surface area contributed by atoms with Gasteiger partial charge in [0.05, 0.1) is 17.3 Å². The molecule has 1 atom stereocenters. The lowest BCUT2D eigenvalue weighted by Crippen LogP contribution is -2.40. The van der Waals surface area contributed by atoms with Gasteiger partial charge in [-0.15, -0.1) is 0 Å². The molecular weight excluding hydrogens is 363 g/mol. The molecule has 0 spiro atoms. The van der Waals surface area contributed by atoms with E-state index >= 15 is 0 Å². The van der Waals surface area contributed by atoms with Gasteiger partial charge < -0.3 is 15.4 Å². The van der Waals surface area contributed by atoms with Gasteiger partial charge in [0.1, 0.15) is 5.75 Å². The van der Waals surface area contributed by atoms with Crippen molar-refractivity contribution >= 4 is 40.7 Å². The fraction of sp³-hybridized carbons (Fsp3) is 0.222. The number of benzene rings is 2. The molecule has 0 saturated carbocycles. The van der Waals surface area contributed by atoms with E-state index in [4.69, 9.17) is 27.9 Å². The van der Waals surface area contributed by atoms with E-state index in [1.807, 2.05) is 13.0 Å². The molecule has 0 aliphatic rings. The van der Waals surface area contributed by atoms with Gasteiger partial charge in [-0.2, -0.15) is 0 Å². The topological polar surface area (TPSA) is 67.4 Å². The van der Waals surface area contributed by atoms with Crippen molar-refractivity contribution in [2.45, 2.75) is 20.0 Å². The summed E-state index contributed by atoms with van der Waals surface area (Å²) in [4.78, 5) is 23.9. The van der Waals surface area contributed by atoms with E-state index in [2.05, 4.69) is 10.6 Å². The maximum Gasteiger partial charge on any atom is 0.261 e. The van der Waals surface area contributed by atoms with Crippen molar-refractivity contribution in [3.05, 3.63) is 58.1 Å². The first-order valence-corrected chi connectivity index (χ1v) is 8.36. The predicted molar refractivity (Wildman–Crippen MR) is 99.4 cm³/mol. The number of ether oxygens (including phenoxy) is 1. The van der Waals surface area contributed by atoms with Crippen LogP contribution in [-0.2, 0) is 9.59 Å². The zero-order valence-corrected chi connectivity index (χ0v) is 15.3. The number of hydrogen-bond acceptors (Lipinski definition) is 3. The Morgan fingerprint density at radius 1 is 1.12 bits per heavy atom.